The maximum atomic E-state index is 13.5. The SMILES string of the molecule is Cc1cccc(N2CCN(C(=O)CN(c3cccc(C(F)(F)F)c3)S(=O)(=O)c3ccccc3)CC2)c1C. The summed E-state index contributed by atoms with van der Waals surface area (Å²) in [6.07, 6.45) is -4.66. The van der Waals surface area contributed by atoms with E-state index in [9.17, 15) is 26.4 Å². The van der Waals surface area contributed by atoms with Gasteiger partial charge in [0.2, 0.25) is 5.91 Å². The fourth-order valence-electron chi connectivity index (χ4n) is 4.37. The molecule has 1 fully saturated rings. The molecule has 37 heavy (non-hydrogen) atoms. The van der Waals surface area contributed by atoms with Crippen molar-refractivity contribution in [2.24, 2.45) is 0 Å². The second kappa shape index (κ2) is 10.5. The first-order valence-corrected chi connectivity index (χ1v) is 13.3. The predicted molar refractivity (Wildman–Crippen MR) is 137 cm³/mol. The molecule has 1 aliphatic rings. The molecule has 196 valence electrons. The fraction of sp³-hybridized carbons (Fsp3) is 0.296. The highest BCUT2D eigenvalue weighted by atomic mass is 32.2. The Morgan fingerprint density at radius 3 is 2.19 bits per heavy atom. The summed E-state index contributed by atoms with van der Waals surface area (Å²) in [5.74, 6) is -0.475. The van der Waals surface area contributed by atoms with Gasteiger partial charge in [-0.1, -0.05) is 36.4 Å². The minimum Gasteiger partial charge on any atom is -0.368 e. The van der Waals surface area contributed by atoms with Crippen LogP contribution in [0.3, 0.4) is 0 Å². The van der Waals surface area contributed by atoms with E-state index in [1.807, 2.05) is 32.0 Å². The summed E-state index contributed by atoms with van der Waals surface area (Å²) in [6, 6.07) is 17.4. The van der Waals surface area contributed by atoms with E-state index < -0.39 is 34.2 Å². The minimum absolute atomic E-state index is 0.111. The van der Waals surface area contributed by atoms with Crippen molar-refractivity contribution < 1.29 is 26.4 Å². The van der Waals surface area contributed by atoms with Gasteiger partial charge in [0.25, 0.3) is 10.0 Å². The molecule has 1 heterocycles. The van der Waals surface area contributed by atoms with E-state index in [1.54, 1.807) is 11.0 Å². The normalized spacial score (nSPS) is 14.5. The Morgan fingerprint density at radius 2 is 1.54 bits per heavy atom. The molecular weight excluding hydrogens is 503 g/mol. The van der Waals surface area contributed by atoms with E-state index >= 15 is 0 Å². The number of nitrogens with zero attached hydrogens (tertiary/aromatic N) is 3. The number of anilines is 2. The standard InChI is InChI=1S/C27H28F3N3O3S/c1-20-8-6-13-25(21(20)2)31-14-16-32(17-15-31)26(34)19-33(37(35,36)24-11-4-3-5-12-24)23-10-7-9-22(18-23)27(28,29)30/h3-13,18H,14-17,19H2,1-2H3. The maximum Gasteiger partial charge on any atom is 0.416 e. The van der Waals surface area contributed by atoms with Gasteiger partial charge in [-0.25, -0.2) is 8.42 Å². The molecule has 0 aromatic heterocycles. The Morgan fingerprint density at radius 1 is 0.892 bits per heavy atom. The van der Waals surface area contributed by atoms with Crippen molar-refractivity contribution >= 4 is 27.3 Å². The zero-order valence-electron chi connectivity index (χ0n) is 20.6. The van der Waals surface area contributed by atoms with Crippen LogP contribution in [0.2, 0.25) is 0 Å². The second-order valence-electron chi connectivity index (χ2n) is 8.96. The van der Waals surface area contributed by atoms with Gasteiger partial charge in [0, 0.05) is 31.9 Å². The van der Waals surface area contributed by atoms with Crippen molar-refractivity contribution in [3.63, 3.8) is 0 Å². The molecule has 1 aliphatic heterocycles. The lowest BCUT2D eigenvalue weighted by Gasteiger charge is -2.38. The lowest BCUT2D eigenvalue weighted by atomic mass is 10.1. The van der Waals surface area contributed by atoms with Gasteiger partial charge in [-0.3, -0.25) is 9.10 Å². The van der Waals surface area contributed by atoms with Crippen LogP contribution in [0, 0.1) is 13.8 Å². The van der Waals surface area contributed by atoms with Gasteiger partial charge in [0.15, 0.2) is 0 Å². The van der Waals surface area contributed by atoms with Crippen LogP contribution >= 0.6 is 0 Å². The summed E-state index contributed by atoms with van der Waals surface area (Å²) >= 11 is 0. The molecule has 1 saturated heterocycles. The van der Waals surface area contributed by atoms with Gasteiger partial charge in [-0.05, 0) is 61.4 Å². The molecule has 0 aliphatic carbocycles. The van der Waals surface area contributed by atoms with Crippen LogP contribution in [0.15, 0.2) is 77.7 Å². The second-order valence-corrected chi connectivity index (χ2v) is 10.8. The molecule has 3 aromatic rings. The van der Waals surface area contributed by atoms with E-state index in [1.165, 1.54) is 35.9 Å². The molecule has 0 spiro atoms. The highest BCUT2D eigenvalue weighted by molar-refractivity contribution is 7.92. The van der Waals surface area contributed by atoms with Crippen molar-refractivity contribution in [2.45, 2.75) is 24.9 Å². The summed E-state index contributed by atoms with van der Waals surface area (Å²) in [5, 5.41) is 0. The first-order chi connectivity index (χ1) is 17.5. The molecule has 0 N–H and O–H groups in total. The van der Waals surface area contributed by atoms with Crippen LogP contribution < -0.4 is 9.21 Å². The van der Waals surface area contributed by atoms with Gasteiger partial charge in [-0.15, -0.1) is 0 Å². The Bertz CT molecular complexity index is 1370. The van der Waals surface area contributed by atoms with E-state index in [0.717, 1.165) is 33.8 Å². The number of hydrogen-bond donors (Lipinski definition) is 0. The van der Waals surface area contributed by atoms with Gasteiger partial charge in [-0.2, -0.15) is 13.2 Å². The Balaban J connectivity index is 1.58. The third-order valence-corrected chi connectivity index (χ3v) is 8.41. The average molecular weight is 532 g/mol. The highest BCUT2D eigenvalue weighted by Gasteiger charge is 2.34. The molecule has 10 heteroatoms. The first kappa shape index (κ1) is 26.5. The molecule has 6 nitrogen and oxygen atoms in total. The van der Waals surface area contributed by atoms with E-state index in [0.29, 0.717) is 26.2 Å². The van der Waals surface area contributed by atoms with Crippen LogP contribution in [0.25, 0.3) is 0 Å². The van der Waals surface area contributed by atoms with Gasteiger partial charge in [0.05, 0.1) is 16.1 Å². The first-order valence-electron chi connectivity index (χ1n) is 11.8. The quantitative estimate of drug-likeness (QED) is 0.456. The molecule has 0 unspecified atom stereocenters. The van der Waals surface area contributed by atoms with Crippen molar-refractivity contribution in [1.29, 1.82) is 0 Å². The molecule has 0 atom stereocenters. The number of benzene rings is 3. The average Bonchev–Trinajstić information content (AvgIpc) is 2.89. The smallest absolute Gasteiger partial charge is 0.368 e. The van der Waals surface area contributed by atoms with Gasteiger partial charge in [0.1, 0.15) is 6.54 Å². The van der Waals surface area contributed by atoms with Crippen LogP contribution in [0.4, 0.5) is 24.5 Å². The number of rotatable bonds is 6. The van der Waals surface area contributed by atoms with Gasteiger partial charge < -0.3 is 9.80 Å². The molecule has 3 aromatic carbocycles. The number of halogens is 3. The highest BCUT2D eigenvalue weighted by Crippen LogP contribution is 2.33. The Hall–Kier alpha value is -3.53. The van der Waals surface area contributed by atoms with Crippen molar-refractivity contribution in [3.05, 3.63) is 89.5 Å². The van der Waals surface area contributed by atoms with Crippen LogP contribution in [0.1, 0.15) is 16.7 Å². The molecule has 1 amide bonds. The summed E-state index contributed by atoms with van der Waals surface area (Å²) in [4.78, 5) is 16.9. The molecule has 0 bridgehead atoms. The van der Waals surface area contributed by atoms with E-state index in [2.05, 4.69) is 4.90 Å². The number of hydrogen-bond acceptors (Lipinski definition) is 4. The number of carbonyl (C=O) groups is 1. The molecule has 0 radical (unpaired) electrons. The van der Waals surface area contributed by atoms with Crippen molar-refractivity contribution in [1.82, 2.24) is 4.90 Å². The third kappa shape index (κ3) is 5.74. The third-order valence-electron chi connectivity index (χ3n) is 6.62. The largest absolute Gasteiger partial charge is 0.416 e. The molecule has 4 rings (SSSR count). The van der Waals surface area contributed by atoms with E-state index in [-0.39, 0.29) is 10.6 Å². The summed E-state index contributed by atoms with van der Waals surface area (Å²) < 4.78 is 67.9. The maximum absolute atomic E-state index is 13.5. The Kier molecular flexibility index (Phi) is 7.49. The lowest BCUT2D eigenvalue weighted by molar-refractivity contribution is -0.137. The lowest BCUT2D eigenvalue weighted by Crippen LogP contribution is -2.52. The summed E-state index contributed by atoms with van der Waals surface area (Å²) in [7, 11) is -4.31. The zero-order valence-corrected chi connectivity index (χ0v) is 21.4. The topological polar surface area (TPSA) is 60.9 Å². The summed E-state index contributed by atoms with van der Waals surface area (Å²) in [6.45, 7) is 5.33. The fourth-order valence-corrected chi connectivity index (χ4v) is 5.80. The van der Waals surface area contributed by atoms with Crippen LogP contribution in [0.5, 0.6) is 0 Å². The number of amides is 1. The number of carbonyl (C=O) groups excluding carboxylic acids is 1. The van der Waals surface area contributed by atoms with Crippen LogP contribution in [-0.2, 0) is 21.0 Å². The minimum atomic E-state index is -4.66. The molecule has 0 saturated carbocycles. The monoisotopic (exact) mass is 531 g/mol. The summed E-state index contributed by atoms with van der Waals surface area (Å²) in [5.41, 5.74) is 2.20. The van der Waals surface area contributed by atoms with Crippen molar-refractivity contribution in [2.75, 3.05) is 41.9 Å². The van der Waals surface area contributed by atoms with Crippen LogP contribution in [-0.4, -0.2) is 51.9 Å². The number of alkyl halides is 3. The number of piperazine rings is 1. The molecular formula is C27H28F3N3O3S. The Labute approximate surface area is 215 Å². The van der Waals surface area contributed by atoms with E-state index in [4.69, 9.17) is 0 Å². The van der Waals surface area contributed by atoms with Crippen molar-refractivity contribution in [3.8, 4) is 0 Å². The number of aryl methyl sites for hydroxylation is 1. The predicted octanol–water partition coefficient (Wildman–Crippen LogP) is 4.87. The number of sulfonamides is 1. The van der Waals surface area contributed by atoms with Gasteiger partial charge >= 0.3 is 6.18 Å². The zero-order chi connectivity index (χ0) is 26.8.